The van der Waals surface area contributed by atoms with Gasteiger partial charge in [-0.05, 0) is 6.07 Å². The van der Waals surface area contributed by atoms with Crippen LogP contribution in [-0.2, 0) is 0 Å². The molecule has 0 bridgehead atoms. The molecule has 0 aromatic heterocycles. The van der Waals surface area contributed by atoms with E-state index >= 15 is 0 Å². The summed E-state index contributed by atoms with van der Waals surface area (Å²) in [5, 5.41) is 11.0. The van der Waals surface area contributed by atoms with E-state index in [0.717, 1.165) is 6.07 Å². The standard InChI is InChI=1S/C9H6BrF2NO2/c10-3-1-2-6-4-7(11)8(12)5-9(6)13(14)15/h1-2,4-5H,3H2. The van der Waals surface area contributed by atoms with Crippen LogP contribution < -0.4 is 0 Å². The van der Waals surface area contributed by atoms with E-state index in [-0.39, 0.29) is 5.56 Å². The van der Waals surface area contributed by atoms with Crippen molar-refractivity contribution >= 4 is 27.7 Å². The third kappa shape index (κ3) is 2.82. The summed E-state index contributed by atoms with van der Waals surface area (Å²) in [5.74, 6) is -2.33. The zero-order valence-corrected chi connectivity index (χ0v) is 9.00. The van der Waals surface area contributed by atoms with Crippen LogP contribution in [-0.4, -0.2) is 10.3 Å². The maximum absolute atomic E-state index is 12.8. The van der Waals surface area contributed by atoms with Crippen LogP contribution in [0.1, 0.15) is 5.56 Å². The van der Waals surface area contributed by atoms with Gasteiger partial charge in [0, 0.05) is 5.33 Å². The molecular weight excluding hydrogens is 272 g/mol. The minimum absolute atomic E-state index is 0.0401. The Morgan fingerprint density at radius 2 is 2.00 bits per heavy atom. The van der Waals surface area contributed by atoms with Crippen molar-refractivity contribution in [3.8, 4) is 0 Å². The number of nitro groups is 1. The number of alkyl halides is 1. The highest BCUT2D eigenvalue weighted by molar-refractivity contribution is 9.09. The lowest BCUT2D eigenvalue weighted by atomic mass is 10.1. The molecule has 0 spiro atoms. The van der Waals surface area contributed by atoms with E-state index in [1.165, 1.54) is 6.08 Å². The minimum atomic E-state index is -1.22. The minimum Gasteiger partial charge on any atom is -0.258 e. The average molecular weight is 278 g/mol. The van der Waals surface area contributed by atoms with Crippen molar-refractivity contribution < 1.29 is 13.7 Å². The second-order valence-corrected chi connectivity index (χ2v) is 3.29. The van der Waals surface area contributed by atoms with Gasteiger partial charge in [0.25, 0.3) is 5.69 Å². The van der Waals surface area contributed by atoms with Crippen LogP contribution >= 0.6 is 15.9 Å². The number of rotatable bonds is 3. The molecule has 1 aromatic carbocycles. The normalized spacial score (nSPS) is 10.9. The Hall–Kier alpha value is -1.30. The fourth-order valence-electron chi connectivity index (χ4n) is 1.01. The number of halogens is 3. The van der Waals surface area contributed by atoms with Crippen molar-refractivity contribution in [2.75, 3.05) is 5.33 Å². The van der Waals surface area contributed by atoms with E-state index in [1.54, 1.807) is 6.08 Å². The van der Waals surface area contributed by atoms with Gasteiger partial charge >= 0.3 is 0 Å². The molecular formula is C9H6BrF2NO2. The maximum Gasteiger partial charge on any atom is 0.279 e. The Morgan fingerprint density at radius 1 is 1.40 bits per heavy atom. The highest BCUT2D eigenvalue weighted by atomic mass is 79.9. The molecule has 0 heterocycles. The maximum atomic E-state index is 12.8. The van der Waals surface area contributed by atoms with Crippen LogP contribution in [0.25, 0.3) is 6.08 Å². The van der Waals surface area contributed by atoms with Crippen LogP contribution in [0, 0.1) is 21.7 Å². The van der Waals surface area contributed by atoms with Crippen molar-refractivity contribution in [1.82, 2.24) is 0 Å². The lowest BCUT2D eigenvalue weighted by Crippen LogP contribution is -1.95. The van der Waals surface area contributed by atoms with Gasteiger partial charge in [-0.1, -0.05) is 28.1 Å². The Kier molecular flexibility index (Phi) is 3.90. The van der Waals surface area contributed by atoms with E-state index in [2.05, 4.69) is 15.9 Å². The molecule has 1 aromatic rings. The van der Waals surface area contributed by atoms with Crippen molar-refractivity contribution in [2.45, 2.75) is 0 Å². The van der Waals surface area contributed by atoms with Gasteiger partial charge < -0.3 is 0 Å². The monoisotopic (exact) mass is 277 g/mol. The van der Waals surface area contributed by atoms with Gasteiger partial charge in [0.1, 0.15) is 0 Å². The number of benzene rings is 1. The van der Waals surface area contributed by atoms with Crippen LogP contribution in [0.3, 0.4) is 0 Å². The predicted molar refractivity (Wildman–Crippen MR) is 55.8 cm³/mol. The number of hydrogen-bond acceptors (Lipinski definition) is 2. The van der Waals surface area contributed by atoms with Crippen molar-refractivity contribution in [2.24, 2.45) is 0 Å². The highest BCUT2D eigenvalue weighted by Gasteiger charge is 2.16. The molecule has 0 N–H and O–H groups in total. The molecule has 0 aliphatic heterocycles. The second kappa shape index (κ2) is 4.97. The number of nitrogens with zero attached hydrogens (tertiary/aromatic N) is 1. The van der Waals surface area contributed by atoms with Gasteiger partial charge in [0.15, 0.2) is 11.6 Å². The molecule has 0 aliphatic carbocycles. The summed E-state index contributed by atoms with van der Waals surface area (Å²) in [5.41, 5.74) is -0.413. The van der Waals surface area contributed by atoms with Gasteiger partial charge in [0.05, 0.1) is 16.6 Å². The van der Waals surface area contributed by atoms with E-state index in [0.29, 0.717) is 11.4 Å². The topological polar surface area (TPSA) is 43.1 Å². The van der Waals surface area contributed by atoms with Gasteiger partial charge in [-0.25, -0.2) is 8.78 Å². The SMILES string of the molecule is O=[N+]([O-])c1cc(F)c(F)cc1C=CCBr. The molecule has 0 saturated heterocycles. The third-order valence-electron chi connectivity index (χ3n) is 1.65. The first-order valence-electron chi connectivity index (χ1n) is 3.92. The molecule has 0 fully saturated rings. The quantitative estimate of drug-likeness (QED) is 0.483. The molecule has 6 heteroatoms. The lowest BCUT2D eigenvalue weighted by Gasteiger charge is -1.98. The summed E-state index contributed by atoms with van der Waals surface area (Å²) < 4.78 is 25.5. The largest absolute Gasteiger partial charge is 0.279 e. The summed E-state index contributed by atoms with van der Waals surface area (Å²) in [6, 6.07) is 1.37. The Bertz CT molecular complexity index is 421. The van der Waals surface area contributed by atoms with Gasteiger partial charge in [-0.15, -0.1) is 0 Å². The van der Waals surface area contributed by atoms with Crippen LogP contribution in [0.5, 0.6) is 0 Å². The summed E-state index contributed by atoms with van der Waals surface area (Å²) in [7, 11) is 0. The van der Waals surface area contributed by atoms with Gasteiger partial charge in [-0.3, -0.25) is 10.1 Å². The summed E-state index contributed by atoms with van der Waals surface area (Å²) in [6.45, 7) is 0. The predicted octanol–water partition coefficient (Wildman–Crippen LogP) is 3.28. The fraction of sp³-hybridized carbons (Fsp3) is 0.111. The van der Waals surface area contributed by atoms with Crippen molar-refractivity contribution in [3.05, 3.63) is 45.5 Å². The fourth-order valence-corrected chi connectivity index (χ4v) is 1.20. The molecule has 0 unspecified atom stereocenters. The van der Waals surface area contributed by atoms with Gasteiger partial charge in [0.2, 0.25) is 0 Å². The molecule has 0 amide bonds. The zero-order chi connectivity index (χ0) is 11.4. The molecule has 0 radical (unpaired) electrons. The smallest absolute Gasteiger partial charge is 0.258 e. The van der Waals surface area contributed by atoms with Crippen molar-refractivity contribution in [1.29, 1.82) is 0 Å². The highest BCUT2D eigenvalue weighted by Crippen LogP contribution is 2.23. The molecule has 3 nitrogen and oxygen atoms in total. The molecule has 0 aliphatic rings. The van der Waals surface area contributed by atoms with Crippen molar-refractivity contribution in [3.63, 3.8) is 0 Å². The zero-order valence-electron chi connectivity index (χ0n) is 7.41. The number of hydrogen-bond donors (Lipinski definition) is 0. The van der Waals surface area contributed by atoms with E-state index in [9.17, 15) is 18.9 Å². The molecule has 0 saturated carbocycles. The summed E-state index contributed by atoms with van der Waals surface area (Å²) >= 11 is 3.08. The summed E-state index contributed by atoms with van der Waals surface area (Å²) in [4.78, 5) is 9.77. The Balaban J connectivity index is 3.28. The van der Waals surface area contributed by atoms with E-state index in [1.807, 2.05) is 0 Å². The molecule has 1 rings (SSSR count). The first-order valence-corrected chi connectivity index (χ1v) is 5.04. The third-order valence-corrected chi connectivity index (χ3v) is 2.03. The van der Waals surface area contributed by atoms with E-state index < -0.39 is 22.2 Å². The average Bonchev–Trinajstić information content (AvgIpc) is 2.19. The Morgan fingerprint density at radius 3 is 2.53 bits per heavy atom. The number of allylic oxidation sites excluding steroid dienone is 1. The molecule has 0 atom stereocenters. The molecule has 15 heavy (non-hydrogen) atoms. The van der Waals surface area contributed by atoms with Crippen LogP contribution in [0.2, 0.25) is 0 Å². The van der Waals surface area contributed by atoms with E-state index in [4.69, 9.17) is 0 Å². The van der Waals surface area contributed by atoms with Gasteiger partial charge in [-0.2, -0.15) is 0 Å². The molecule has 80 valence electrons. The first kappa shape index (κ1) is 11.8. The lowest BCUT2D eigenvalue weighted by molar-refractivity contribution is -0.385. The van der Waals surface area contributed by atoms with Crippen LogP contribution in [0.4, 0.5) is 14.5 Å². The second-order valence-electron chi connectivity index (χ2n) is 2.64. The number of nitro benzene ring substituents is 1. The first-order chi connectivity index (χ1) is 7.06. The van der Waals surface area contributed by atoms with Crippen LogP contribution in [0.15, 0.2) is 18.2 Å². The summed E-state index contributed by atoms with van der Waals surface area (Å²) in [6.07, 6.45) is 2.91. The Labute approximate surface area is 92.7 Å².